The molecule has 2 aromatic rings. The number of piperazine rings is 1. The van der Waals surface area contributed by atoms with E-state index < -0.39 is 10.0 Å². The molecule has 6 nitrogen and oxygen atoms in total. The maximum absolute atomic E-state index is 12.4. The lowest BCUT2D eigenvalue weighted by Gasteiger charge is -2.36. The highest BCUT2D eigenvalue weighted by Crippen LogP contribution is 2.17. The van der Waals surface area contributed by atoms with E-state index in [0.29, 0.717) is 18.1 Å². The molecule has 27 heavy (non-hydrogen) atoms. The summed E-state index contributed by atoms with van der Waals surface area (Å²) < 4.78 is 26.9. The van der Waals surface area contributed by atoms with Crippen molar-refractivity contribution in [1.29, 1.82) is 0 Å². The average molecular weight is 408 g/mol. The van der Waals surface area contributed by atoms with Gasteiger partial charge in [-0.25, -0.2) is 13.1 Å². The molecule has 2 aromatic carbocycles. The van der Waals surface area contributed by atoms with Gasteiger partial charge in [0, 0.05) is 49.9 Å². The number of nitrogens with zero attached hydrogens (tertiary/aromatic N) is 2. The molecule has 1 fully saturated rings. The molecule has 0 aromatic heterocycles. The van der Waals surface area contributed by atoms with Crippen molar-refractivity contribution in [2.45, 2.75) is 11.3 Å². The third-order valence-corrected chi connectivity index (χ3v) is 6.18. The Bertz CT molecular complexity index is 882. The summed E-state index contributed by atoms with van der Waals surface area (Å²) in [5, 5.41) is 0.352. The molecule has 1 saturated heterocycles. The zero-order valence-corrected chi connectivity index (χ0v) is 16.4. The van der Waals surface area contributed by atoms with Gasteiger partial charge in [0.2, 0.25) is 15.9 Å². The molecule has 1 aliphatic rings. The van der Waals surface area contributed by atoms with Crippen molar-refractivity contribution in [2.24, 2.45) is 0 Å². The van der Waals surface area contributed by atoms with Crippen molar-refractivity contribution in [2.75, 3.05) is 37.6 Å². The maximum atomic E-state index is 12.4. The van der Waals surface area contributed by atoms with E-state index in [-0.39, 0.29) is 23.8 Å². The quantitative estimate of drug-likeness (QED) is 0.798. The Kier molecular flexibility index (Phi) is 6.36. The summed E-state index contributed by atoms with van der Waals surface area (Å²) in [7, 11) is -3.67. The molecule has 1 amide bonds. The molecule has 0 bridgehead atoms. The van der Waals surface area contributed by atoms with E-state index in [1.54, 1.807) is 17.0 Å². The Hall–Kier alpha value is -2.09. The maximum Gasteiger partial charge on any atom is 0.240 e. The summed E-state index contributed by atoms with van der Waals surface area (Å²) in [6, 6.07) is 16.1. The van der Waals surface area contributed by atoms with Gasteiger partial charge in [0.15, 0.2) is 0 Å². The molecule has 0 spiro atoms. The molecule has 0 atom stereocenters. The summed E-state index contributed by atoms with van der Waals surface area (Å²) in [5.74, 6) is -0.0449. The van der Waals surface area contributed by atoms with Crippen molar-refractivity contribution in [1.82, 2.24) is 9.62 Å². The standard InChI is InChI=1S/C19H22ClN3O3S/c20-16-5-4-8-18(15-16)27(25,26)21-10-9-19(24)23-13-11-22(12-14-23)17-6-2-1-3-7-17/h1-8,15,21H,9-14H2. The second kappa shape index (κ2) is 8.73. The SMILES string of the molecule is O=C(CCNS(=O)(=O)c1cccc(Cl)c1)N1CCN(c2ccccc2)CC1. The summed E-state index contributed by atoms with van der Waals surface area (Å²) in [6.07, 6.45) is 0.130. The first-order chi connectivity index (χ1) is 13.0. The molecule has 8 heteroatoms. The molecule has 1 aliphatic heterocycles. The lowest BCUT2D eigenvalue weighted by molar-refractivity contribution is -0.131. The third-order valence-electron chi connectivity index (χ3n) is 4.49. The molecule has 1 heterocycles. The van der Waals surface area contributed by atoms with E-state index in [1.165, 1.54) is 12.1 Å². The Morgan fingerprint density at radius 1 is 1.00 bits per heavy atom. The van der Waals surface area contributed by atoms with Crippen LogP contribution in [-0.2, 0) is 14.8 Å². The van der Waals surface area contributed by atoms with Gasteiger partial charge < -0.3 is 9.80 Å². The molecule has 0 radical (unpaired) electrons. The molecule has 1 N–H and O–H groups in total. The second-order valence-corrected chi connectivity index (χ2v) is 8.51. The van der Waals surface area contributed by atoms with Gasteiger partial charge in [0.1, 0.15) is 0 Å². The fourth-order valence-electron chi connectivity index (χ4n) is 3.02. The summed E-state index contributed by atoms with van der Waals surface area (Å²) in [4.78, 5) is 16.5. The Labute approximate surface area is 164 Å². The second-order valence-electron chi connectivity index (χ2n) is 6.31. The molecule has 0 aliphatic carbocycles. The number of rotatable bonds is 6. The molecule has 0 unspecified atom stereocenters. The highest BCUT2D eigenvalue weighted by atomic mass is 35.5. The monoisotopic (exact) mass is 407 g/mol. The highest BCUT2D eigenvalue weighted by molar-refractivity contribution is 7.89. The van der Waals surface area contributed by atoms with Crippen LogP contribution in [0.4, 0.5) is 5.69 Å². The van der Waals surface area contributed by atoms with Crippen LogP contribution in [0, 0.1) is 0 Å². The van der Waals surface area contributed by atoms with Crippen LogP contribution >= 0.6 is 11.6 Å². The number of amides is 1. The number of para-hydroxylation sites is 1. The van der Waals surface area contributed by atoms with Gasteiger partial charge in [-0.1, -0.05) is 35.9 Å². The number of carbonyl (C=O) groups excluding carboxylic acids is 1. The van der Waals surface area contributed by atoms with Crippen LogP contribution in [-0.4, -0.2) is 51.9 Å². The zero-order valence-electron chi connectivity index (χ0n) is 14.8. The third kappa shape index (κ3) is 5.22. The number of nitrogens with one attached hydrogen (secondary N) is 1. The van der Waals surface area contributed by atoms with E-state index >= 15 is 0 Å². The number of hydrogen-bond donors (Lipinski definition) is 1. The fourth-order valence-corrected chi connectivity index (χ4v) is 4.35. The number of carbonyl (C=O) groups is 1. The summed E-state index contributed by atoms with van der Waals surface area (Å²) in [6.45, 7) is 2.87. The van der Waals surface area contributed by atoms with Crippen molar-refractivity contribution in [3.8, 4) is 0 Å². The Balaban J connectivity index is 1.46. The minimum atomic E-state index is -3.67. The van der Waals surface area contributed by atoms with Crippen LogP contribution in [0.1, 0.15) is 6.42 Å². The van der Waals surface area contributed by atoms with Crippen LogP contribution in [0.5, 0.6) is 0 Å². The van der Waals surface area contributed by atoms with E-state index in [0.717, 1.165) is 18.8 Å². The molecule has 3 rings (SSSR count). The average Bonchev–Trinajstić information content (AvgIpc) is 2.68. The number of benzene rings is 2. The predicted molar refractivity (Wildman–Crippen MR) is 106 cm³/mol. The predicted octanol–water partition coefficient (Wildman–Crippen LogP) is 2.36. The number of anilines is 1. The van der Waals surface area contributed by atoms with Gasteiger partial charge >= 0.3 is 0 Å². The topological polar surface area (TPSA) is 69.7 Å². The number of halogens is 1. The Morgan fingerprint density at radius 2 is 1.70 bits per heavy atom. The van der Waals surface area contributed by atoms with E-state index in [9.17, 15) is 13.2 Å². The fraction of sp³-hybridized carbons (Fsp3) is 0.316. The van der Waals surface area contributed by atoms with Gasteiger partial charge in [-0.2, -0.15) is 0 Å². The minimum Gasteiger partial charge on any atom is -0.368 e. The van der Waals surface area contributed by atoms with Crippen LogP contribution in [0.3, 0.4) is 0 Å². The number of sulfonamides is 1. The van der Waals surface area contributed by atoms with Crippen LogP contribution < -0.4 is 9.62 Å². The number of hydrogen-bond acceptors (Lipinski definition) is 4. The first kappa shape index (κ1) is 19.7. The minimum absolute atomic E-state index is 0.0449. The van der Waals surface area contributed by atoms with E-state index in [1.807, 2.05) is 18.2 Å². The van der Waals surface area contributed by atoms with Crippen molar-refractivity contribution in [3.63, 3.8) is 0 Å². The van der Waals surface area contributed by atoms with E-state index in [2.05, 4.69) is 21.8 Å². The first-order valence-corrected chi connectivity index (χ1v) is 10.6. The van der Waals surface area contributed by atoms with Crippen molar-refractivity contribution >= 4 is 33.2 Å². The highest BCUT2D eigenvalue weighted by Gasteiger charge is 2.22. The molecular weight excluding hydrogens is 386 g/mol. The lowest BCUT2D eigenvalue weighted by Crippen LogP contribution is -2.49. The van der Waals surface area contributed by atoms with Gasteiger partial charge in [-0.15, -0.1) is 0 Å². The van der Waals surface area contributed by atoms with Crippen molar-refractivity contribution in [3.05, 3.63) is 59.6 Å². The van der Waals surface area contributed by atoms with Gasteiger partial charge in [0.25, 0.3) is 0 Å². The van der Waals surface area contributed by atoms with Crippen LogP contribution in [0.25, 0.3) is 0 Å². The van der Waals surface area contributed by atoms with Crippen LogP contribution in [0.15, 0.2) is 59.5 Å². The molecular formula is C19H22ClN3O3S. The molecule has 144 valence electrons. The van der Waals surface area contributed by atoms with Gasteiger partial charge in [-0.3, -0.25) is 4.79 Å². The largest absolute Gasteiger partial charge is 0.368 e. The van der Waals surface area contributed by atoms with Gasteiger partial charge in [-0.05, 0) is 30.3 Å². The van der Waals surface area contributed by atoms with Crippen LogP contribution in [0.2, 0.25) is 5.02 Å². The van der Waals surface area contributed by atoms with E-state index in [4.69, 9.17) is 11.6 Å². The van der Waals surface area contributed by atoms with Crippen molar-refractivity contribution < 1.29 is 13.2 Å². The summed E-state index contributed by atoms with van der Waals surface area (Å²) >= 11 is 5.84. The summed E-state index contributed by atoms with van der Waals surface area (Å²) in [5.41, 5.74) is 1.15. The zero-order chi connectivity index (χ0) is 19.3. The normalized spacial score (nSPS) is 15.0. The Morgan fingerprint density at radius 3 is 2.37 bits per heavy atom. The molecule has 0 saturated carbocycles. The smallest absolute Gasteiger partial charge is 0.240 e. The van der Waals surface area contributed by atoms with Gasteiger partial charge in [0.05, 0.1) is 4.90 Å². The lowest BCUT2D eigenvalue weighted by atomic mass is 10.2. The first-order valence-electron chi connectivity index (χ1n) is 8.79.